The number of rotatable bonds is 6. The zero-order valence-electron chi connectivity index (χ0n) is 10.4. The van der Waals surface area contributed by atoms with Crippen molar-refractivity contribution in [1.29, 1.82) is 0 Å². The summed E-state index contributed by atoms with van der Waals surface area (Å²) >= 11 is 0. The zero-order valence-corrected chi connectivity index (χ0v) is 10.4. The van der Waals surface area contributed by atoms with E-state index in [2.05, 4.69) is 10.6 Å². The fourth-order valence-corrected chi connectivity index (χ4v) is 2.15. The van der Waals surface area contributed by atoms with Crippen LogP contribution in [0.15, 0.2) is 0 Å². The Morgan fingerprint density at radius 3 is 2.59 bits per heavy atom. The number of hydrogen-bond acceptors (Lipinski definition) is 2. The molecule has 1 rings (SSSR count). The number of urea groups is 1. The van der Waals surface area contributed by atoms with E-state index in [1.165, 1.54) is 12.8 Å². The molecular formula is C12H22N2O3. The van der Waals surface area contributed by atoms with Gasteiger partial charge in [0.1, 0.15) is 0 Å². The first kappa shape index (κ1) is 13.8. The summed E-state index contributed by atoms with van der Waals surface area (Å²) in [5.74, 6) is -0.785. The number of hydrogen-bond donors (Lipinski definition) is 3. The zero-order chi connectivity index (χ0) is 12.7. The summed E-state index contributed by atoms with van der Waals surface area (Å²) in [7, 11) is 0. The summed E-state index contributed by atoms with van der Waals surface area (Å²) in [6, 6.07) is 0.219. The molecule has 0 bridgehead atoms. The topological polar surface area (TPSA) is 78.4 Å². The van der Waals surface area contributed by atoms with Crippen molar-refractivity contribution >= 4 is 12.0 Å². The Hall–Kier alpha value is -1.26. The Balaban J connectivity index is 2.09. The van der Waals surface area contributed by atoms with Crippen LogP contribution in [0.4, 0.5) is 4.79 Å². The molecule has 0 radical (unpaired) electrons. The van der Waals surface area contributed by atoms with Gasteiger partial charge >= 0.3 is 12.0 Å². The van der Waals surface area contributed by atoms with Crippen molar-refractivity contribution in [3.63, 3.8) is 0 Å². The van der Waals surface area contributed by atoms with Crippen LogP contribution in [0.25, 0.3) is 0 Å². The van der Waals surface area contributed by atoms with Crippen molar-refractivity contribution in [2.45, 2.75) is 64.0 Å². The number of carbonyl (C=O) groups is 2. The monoisotopic (exact) mass is 242 g/mol. The largest absolute Gasteiger partial charge is 0.481 e. The van der Waals surface area contributed by atoms with Gasteiger partial charge in [-0.2, -0.15) is 0 Å². The second kappa shape index (κ2) is 7.14. The van der Waals surface area contributed by atoms with Crippen LogP contribution >= 0.6 is 0 Å². The molecule has 2 amide bonds. The molecule has 17 heavy (non-hydrogen) atoms. The molecule has 1 unspecified atom stereocenters. The first-order valence-corrected chi connectivity index (χ1v) is 6.36. The van der Waals surface area contributed by atoms with Gasteiger partial charge in [0.05, 0.1) is 0 Å². The number of carbonyl (C=O) groups excluding carboxylic acids is 1. The highest BCUT2D eigenvalue weighted by Gasteiger charge is 2.17. The lowest BCUT2D eigenvalue weighted by Crippen LogP contribution is -2.44. The molecule has 0 spiro atoms. The fourth-order valence-electron chi connectivity index (χ4n) is 2.15. The van der Waals surface area contributed by atoms with Gasteiger partial charge in [0.15, 0.2) is 0 Å². The summed E-state index contributed by atoms with van der Waals surface area (Å²) < 4.78 is 0. The van der Waals surface area contributed by atoms with Crippen molar-refractivity contribution in [2.24, 2.45) is 0 Å². The molecule has 0 aromatic carbocycles. The molecule has 0 aromatic heterocycles. The Labute approximate surface area is 102 Å². The summed E-state index contributed by atoms with van der Waals surface area (Å²) in [6.45, 7) is 1.90. The Morgan fingerprint density at radius 1 is 1.35 bits per heavy atom. The normalized spacial score (nSPS) is 17.7. The predicted molar refractivity (Wildman–Crippen MR) is 64.9 cm³/mol. The number of aliphatic carboxylic acids is 1. The van der Waals surface area contributed by atoms with Crippen LogP contribution in [0.5, 0.6) is 0 Å². The van der Waals surface area contributed by atoms with Gasteiger partial charge in [-0.3, -0.25) is 4.79 Å². The predicted octanol–water partition coefficient (Wildman–Crippen LogP) is 1.87. The van der Waals surface area contributed by atoms with E-state index in [1.807, 2.05) is 6.92 Å². The highest BCUT2D eigenvalue weighted by Crippen LogP contribution is 2.17. The molecule has 1 aliphatic rings. The third-order valence-corrected chi connectivity index (χ3v) is 3.10. The number of carboxylic acid groups (broad SMARTS) is 1. The molecule has 1 atom stereocenters. The van der Waals surface area contributed by atoms with Crippen molar-refractivity contribution in [1.82, 2.24) is 10.6 Å². The van der Waals surface area contributed by atoms with E-state index < -0.39 is 5.97 Å². The van der Waals surface area contributed by atoms with E-state index in [0.29, 0.717) is 18.9 Å². The quantitative estimate of drug-likeness (QED) is 0.665. The number of nitrogens with one attached hydrogen (secondary N) is 2. The van der Waals surface area contributed by atoms with Gasteiger partial charge in [0.25, 0.3) is 0 Å². The summed E-state index contributed by atoms with van der Waals surface area (Å²) in [5.41, 5.74) is 0. The van der Waals surface area contributed by atoms with Crippen LogP contribution in [-0.4, -0.2) is 29.2 Å². The minimum absolute atomic E-state index is 0.0238. The van der Waals surface area contributed by atoms with Crippen LogP contribution in [0.3, 0.4) is 0 Å². The van der Waals surface area contributed by atoms with E-state index >= 15 is 0 Å². The van der Waals surface area contributed by atoms with Gasteiger partial charge in [0.2, 0.25) is 0 Å². The Morgan fingerprint density at radius 2 is 2.00 bits per heavy atom. The maximum Gasteiger partial charge on any atom is 0.315 e. The Bertz CT molecular complexity index is 262. The maximum atomic E-state index is 11.6. The number of carboxylic acids is 1. The second-order valence-electron chi connectivity index (χ2n) is 4.79. The molecule has 1 aliphatic carbocycles. The molecule has 0 saturated heterocycles. The lowest BCUT2D eigenvalue weighted by molar-refractivity contribution is -0.137. The van der Waals surface area contributed by atoms with E-state index in [-0.39, 0.29) is 18.5 Å². The number of amides is 2. The highest BCUT2D eigenvalue weighted by molar-refractivity contribution is 5.74. The van der Waals surface area contributed by atoms with E-state index in [1.54, 1.807) is 0 Å². The molecule has 3 N–H and O–H groups in total. The minimum Gasteiger partial charge on any atom is -0.481 e. The fraction of sp³-hybridized carbons (Fsp3) is 0.833. The summed E-state index contributed by atoms with van der Waals surface area (Å²) in [4.78, 5) is 21.9. The van der Waals surface area contributed by atoms with Crippen LogP contribution in [0, 0.1) is 0 Å². The molecule has 98 valence electrons. The van der Waals surface area contributed by atoms with E-state index in [9.17, 15) is 9.59 Å². The van der Waals surface area contributed by atoms with Crippen LogP contribution in [-0.2, 0) is 4.79 Å². The van der Waals surface area contributed by atoms with Crippen LogP contribution in [0.1, 0.15) is 51.9 Å². The smallest absolute Gasteiger partial charge is 0.315 e. The molecule has 5 heteroatoms. The standard InChI is InChI=1S/C12H22N2O3/c1-9(5-4-8-11(15)16)13-12(17)14-10-6-2-3-7-10/h9-10H,2-8H2,1H3,(H,15,16)(H2,13,14,17). The molecule has 0 aromatic rings. The molecule has 1 saturated carbocycles. The van der Waals surface area contributed by atoms with Crippen LogP contribution < -0.4 is 10.6 Å². The van der Waals surface area contributed by atoms with Crippen molar-refractivity contribution in [3.05, 3.63) is 0 Å². The summed E-state index contributed by atoms with van der Waals surface area (Å²) in [6.07, 6.45) is 5.99. The third-order valence-electron chi connectivity index (χ3n) is 3.10. The first-order chi connectivity index (χ1) is 8.08. The van der Waals surface area contributed by atoms with Crippen LogP contribution in [0.2, 0.25) is 0 Å². The Kier molecular flexibility index (Phi) is 5.80. The van der Waals surface area contributed by atoms with E-state index in [4.69, 9.17) is 5.11 Å². The lowest BCUT2D eigenvalue weighted by atomic mass is 10.1. The van der Waals surface area contributed by atoms with Gasteiger partial charge < -0.3 is 15.7 Å². The van der Waals surface area contributed by atoms with Crippen molar-refractivity contribution in [3.8, 4) is 0 Å². The van der Waals surface area contributed by atoms with E-state index in [0.717, 1.165) is 12.8 Å². The van der Waals surface area contributed by atoms with Gasteiger partial charge in [-0.25, -0.2) is 4.79 Å². The van der Waals surface area contributed by atoms with Crippen molar-refractivity contribution in [2.75, 3.05) is 0 Å². The SMILES string of the molecule is CC(CCCC(=O)O)NC(=O)NC1CCCC1. The second-order valence-corrected chi connectivity index (χ2v) is 4.79. The maximum absolute atomic E-state index is 11.6. The molecule has 0 heterocycles. The third kappa shape index (κ3) is 6.14. The molecule has 5 nitrogen and oxygen atoms in total. The van der Waals surface area contributed by atoms with Crippen molar-refractivity contribution < 1.29 is 14.7 Å². The average Bonchev–Trinajstić information content (AvgIpc) is 2.69. The molecular weight excluding hydrogens is 220 g/mol. The highest BCUT2D eigenvalue weighted by atomic mass is 16.4. The average molecular weight is 242 g/mol. The minimum atomic E-state index is -0.785. The lowest BCUT2D eigenvalue weighted by Gasteiger charge is -2.17. The summed E-state index contributed by atoms with van der Waals surface area (Å²) in [5, 5.41) is 14.3. The molecule has 0 aliphatic heterocycles. The van der Waals surface area contributed by atoms with Gasteiger partial charge in [-0.15, -0.1) is 0 Å². The first-order valence-electron chi connectivity index (χ1n) is 6.36. The molecule has 1 fully saturated rings. The van der Waals surface area contributed by atoms with Gasteiger partial charge in [0, 0.05) is 18.5 Å². The van der Waals surface area contributed by atoms with Gasteiger partial charge in [-0.1, -0.05) is 12.8 Å². The van der Waals surface area contributed by atoms with Gasteiger partial charge in [-0.05, 0) is 32.6 Å².